The summed E-state index contributed by atoms with van der Waals surface area (Å²) < 4.78 is 15.8. The maximum atomic E-state index is 11.9. The second-order valence-corrected chi connectivity index (χ2v) is 5.41. The number of para-hydroxylation sites is 2. The minimum Gasteiger partial charge on any atom is -0.493 e. The molecule has 1 saturated carbocycles. The number of carbonyl (C=O) groups is 1. The molecule has 116 valence electrons. The lowest BCUT2D eigenvalue weighted by Gasteiger charge is -2.28. The molecule has 0 heterocycles. The Morgan fingerprint density at radius 1 is 1.33 bits per heavy atom. The number of carbonyl (C=O) groups excluding carboxylic acids is 1. The molecule has 1 fully saturated rings. The third-order valence-electron chi connectivity index (χ3n) is 4.23. The van der Waals surface area contributed by atoms with Gasteiger partial charge in [-0.05, 0) is 37.3 Å². The second-order valence-electron chi connectivity index (χ2n) is 5.41. The molecule has 21 heavy (non-hydrogen) atoms. The Morgan fingerprint density at radius 2 is 2.05 bits per heavy atom. The summed E-state index contributed by atoms with van der Waals surface area (Å²) in [7, 11) is 3.00. The zero-order chi connectivity index (χ0) is 15.3. The summed E-state index contributed by atoms with van der Waals surface area (Å²) in [6.07, 6.45) is 3.29. The van der Waals surface area contributed by atoms with Gasteiger partial charge in [-0.15, -0.1) is 0 Å². The fourth-order valence-corrected chi connectivity index (χ4v) is 3.01. The molecule has 0 saturated heterocycles. The summed E-state index contributed by atoms with van der Waals surface area (Å²) in [5.74, 6) is 1.19. The Kier molecular flexibility index (Phi) is 5.07. The van der Waals surface area contributed by atoms with Crippen molar-refractivity contribution in [1.29, 1.82) is 0 Å². The van der Waals surface area contributed by atoms with E-state index in [9.17, 15) is 4.79 Å². The Hall–Kier alpha value is -1.75. The molecule has 0 bridgehead atoms. The highest BCUT2D eigenvalue weighted by molar-refractivity contribution is 5.81. The van der Waals surface area contributed by atoms with Crippen molar-refractivity contribution in [2.24, 2.45) is 11.7 Å². The van der Waals surface area contributed by atoms with Crippen LogP contribution in [0, 0.1) is 5.92 Å². The van der Waals surface area contributed by atoms with Gasteiger partial charge >= 0.3 is 5.97 Å². The molecule has 2 atom stereocenters. The molecule has 0 aliphatic heterocycles. The van der Waals surface area contributed by atoms with Gasteiger partial charge in [0, 0.05) is 0 Å². The van der Waals surface area contributed by atoms with Crippen LogP contribution in [0.4, 0.5) is 0 Å². The van der Waals surface area contributed by atoms with E-state index in [4.69, 9.17) is 19.9 Å². The molecule has 2 unspecified atom stereocenters. The molecule has 0 radical (unpaired) electrons. The van der Waals surface area contributed by atoms with Gasteiger partial charge in [0.15, 0.2) is 11.5 Å². The second kappa shape index (κ2) is 6.80. The molecule has 1 aliphatic rings. The highest BCUT2D eigenvalue weighted by atomic mass is 16.5. The highest BCUT2D eigenvalue weighted by Gasteiger charge is 2.46. The minimum absolute atomic E-state index is 0.0969. The van der Waals surface area contributed by atoms with Crippen LogP contribution < -0.4 is 15.2 Å². The summed E-state index contributed by atoms with van der Waals surface area (Å²) in [6, 6.07) is 7.51. The van der Waals surface area contributed by atoms with Crippen molar-refractivity contribution in [2.75, 3.05) is 20.8 Å². The van der Waals surface area contributed by atoms with Crippen LogP contribution in [0.2, 0.25) is 0 Å². The smallest absolute Gasteiger partial charge is 0.326 e. The molecule has 0 aromatic heterocycles. The van der Waals surface area contributed by atoms with Crippen LogP contribution in [0.1, 0.15) is 25.7 Å². The first-order chi connectivity index (χ1) is 10.1. The van der Waals surface area contributed by atoms with Crippen molar-refractivity contribution >= 4 is 5.97 Å². The number of ether oxygens (including phenoxy) is 3. The van der Waals surface area contributed by atoms with Gasteiger partial charge in [0.2, 0.25) is 0 Å². The van der Waals surface area contributed by atoms with Crippen LogP contribution in [0.3, 0.4) is 0 Å². The van der Waals surface area contributed by atoms with E-state index in [-0.39, 0.29) is 11.9 Å². The first-order valence-corrected chi connectivity index (χ1v) is 7.25. The molecule has 1 aliphatic carbocycles. The third kappa shape index (κ3) is 3.29. The van der Waals surface area contributed by atoms with Crippen molar-refractivity contribution in [3.05, 3.63) is 24.3 Å². The fraction of sp³-hybridized carbons (Fsp3) is 0.562. The maximum Gasteiger partial charge on any atom is 0.326 e. The predicted molar refractivity (Wildman–Crippen MR) is 79.4 cm³/mol. The standard InChI is InChI=1S/C16H23NO4/c1-19-13-7-3-4-8-14(13)21-11-9-12-6-5-10-16(12,17)15(18)20-2/h3-4,7-8,12H,5-6,9-11,17H2,1-2H3. The van der Waals surface area contributed by atoms with E-state index in [2.05, 4.69) is 0 Å². The number of esters is 1. The quantitative estimate of drug-likeness (QED) is 0.814. The lowest BCUT2D eigenvalue weighted by molar-refractivity contribution is -0.148. The van der Waals surface area contributed by atoms with E-state index in [0.717, 1.165) is 19.3 Å². The number of nitrogens with two attached hydrogens (primary N) is 1. The van der Waals surface area contributed by atoms with E-state index in [1.807, 2.05) is 24.3 Å². The first-order valence-electron chi connectivity index (χ1n) is 7.25. The zero-order valence-electron chi connectivity index (χ0n) is 12.6. The van der Waals surface area contributed by atoms with Gasteiger partial charge in [-0.3, -0.25) is 4.79 Å². The van der Waals surface area contributed by atoms with Crippen LogP contribution >= 0.6 is 0 Å². The van der Waals surface area contributed by atoms with Crippen LogP contribution in [-0.2, 0) is 9.53 Å². The number of benzene rings is 1. The molecule has 2 N–H and O–H groups in total. The number of methoxy groups -OCH3 is 2. The predicted octanol–water partition coefficient (Wildman–Crippen LogP) is 2.13. The summed E-state index contributed by atoms with van der Waals surface area (Å²) in [5.41, 5.74) is 5.38. The normalized spacial score (nSPS) is 24.6. The van der Waals surface area contributed by atoms with Gasteiger partial charge in [0.1, 0.15) is 5.54 Å². The van der Waals surface area contributed by atoms with Crippen LogP contribution in [0.15, 0.2) is 24.3 Å². The SMILES string of the molecule is COC(=O)C1(N)CCCC1CCOc1ccccc1OC. The van der Waals surface area contributed by atoms with E-state index in [0.29, 0.717) is 24.5 Å². The van der Waals surface area contributed by atoms with Crippen molar-refractivity contribution in [3.63, 3.8) is 0 Å². The van der Waals surface area contributed by atoms with Crippen molar-refractivity contribution in [3.8, 4) is 11.5 Å². The van der Waals surface area contributed by atoms with Gasteiger partial charge < -0.3 is 19.9 Å². The number of hydrogen-bond donors (Lipinski definition) is 1. The van der Waals surface area contributed by atoms with Gasteiger partial charge in [-0.2, -0.15) is 0 Å². The van der Waals surface area contributed by atoms with E-state index in [1.165, 1.54) is 7.11 Å². The first kappa shape index (κ1) is 15.6. The molecule has 1 aromatic rings. The van der Waals surface area contributed by atoms with Crippen molar-refractivity contribution < 1.29 is 19.0 Å². The van der Waals surface area contributed by atoms with E-state index in [1.54, 1.807) is 7.11 Å². The molecule has 5 heteroatoms. The van der Waals surface area contributed by atoms with Gasteiger partial charge in [0.05, 0.1) is 20.8 Å². The molecule has 2 rings (SSSR count). The summed E-state index contributed by atoms with van der Waals surface area (Å²) in [5, 5.41) is 0. The lowest BCUT2D eigenvalue weighted by Crippen LogP contribution is -2.52. The molecular formula is C16H23NO4. The average molecular weight is 293 g/mol. The summed E-state index contributed by atoms with van der Waals surface area (Å²) in [6.45, 7) is 0.501. The molecule has 1 aromatic carbocycles. The Bertz CT molecular complexity index is 491. The third-order valence-corrected chi connectivity index (χ3v) is 4.23. The van der Waals surface area contributed by atoms with Crippen molar-refractivity contribution in [2.45, 2.75) is 31.2 Å². The topological polar surface area (TPSA) is 70.8 Å². The van der Waals surface area contributed by atoms with E-state index < -0.39 is 5.54 Å². The Morgan fingerprint density at radius 3 is 2.71 bits per heavy atom. The molecule has 0 amide bonds. The highest BCUT2D eigenvalue weighted by Crippen LogP contribution is 2.37. The largest absolute Gasteiger partial charge is 0.493 e. The minimum atomic E-state index is -0.862. The molecular weight excluding hydrogens is 270 g/mol. The Balaban J connectivity index is 1.92. The van der Waals surface area contributed by atoms with Crippen LogP contribution in [0.5, 0.6) is 11.5 Å². The summed E-state index contributed by atoms with van der Waals surface area (Å²) >= 11 is 0. The fourth-order valence-electron chi connectivity index (χ4n) is 3.01. The van der Waals surface area contributed by atoms with E-state index >= 15 is 0 Å². The Labute approximate surface area is 125 Å². The zero-order valence-corrected chi connectivity index (χ0v) is 12.6. The number of hydrogen-bond acceptors (Lipinski definition) is 5. The van der Waals surface area contributed by atoms with Gasteiger partial charge in [-0.25, -0.2) is 0 Å². The summed E-state index contributed by atoms with van der Waals surface area (Å²) in [4.78, 5) is 11.9. The van der Waals surface area contributed by atoms with Crippen molar-refractivity contribution in [1.82, 2.24) is 0 Å². The van der Waals surface area contributed by atoms with Crippen LogP contribution in [0.25, 0.3) is 0 Å². The molecule has 0 spiro atoms. The molecule has 5 nitrogen and oxygen atoms in total. The monoisotopic (exact) mass is 293 g/mol. The maximum absolute atomic E-state index is 11.9. The average Bonchev–Trinajstić information content (AvgIpc) is 2.89. The van der Waals surface area contributed by atoms with Gasteiger partial charge in [0.25, 0.3) is 0 Å². The van der Waals surface area contributed by atoms with Crippen LogP contribution in [-0.4, -0.2) is 32.3 Å². The number of rotatable bonds is 6. The lowest BCUT2D eigenvalue weighted by atomic mass is 9.86. The van der Waals surface area contributed by atoms with Gasteiger partial charge in [-0.1, -0.05) is 18.6 Å².